The molecule has 5 rings (SSSR count). The van der Waals surface area contributed by atoms with Crippen LogP contribution < -0.4 is 10.2 Å². The summed E-state index contributed by atoms with van der Waals surface area (Å²) in [5.41, 5.74) is 5.36. The van der Waals surface area contributed by atoms with Crippen LogP contribution in [0.1, 0.15) is 21.5 Å². The zero-order valence-electron chi connectivity index (χ0n) is 18.8. The number of sulfone groups is 1. The number of hydrogen-bond donors (Lipinski definition) is 1. The first-order valence-electron chi connectivity index (χ1n) is 11.2. The average Bonchev–Trinajstić information content (AvgIpc) is 3.28. The third kappa shape index (κ3) is 4.61. The van der Waals surface area contributed by atoms with E-state index in [0.29, 0.717) is 18.7 Å². The minimum absolute atomic E-state index is 0.0145. The Hall–Kier alpha value is -2.52. The topological polar surface area (TPSA) is 82.1 Å². The molecule has 9 heteroatoms. The number of nitrogens with zero attached hydrogens (tertiary/aromatic N) is 3. The number of amides is 1. The van der Waals surface area contributed by atoms with Crippen LogP contribution in [-0.2, 0) is 9.84 Å². The lowest BCUT2D eigenvalue weighted by Crippen LogP contribution is -2.49. The first-order valence-corrected chi connectivity index (χ1v) is 13.9. The highest BCUT2D eigenvalue weighted by atomic mass is 32.2. The highest BCUT2D eigenvalue weighted by Gasteiger charge is 2.42. The fourth-order valence-corrected chi connectivity index (χ4v) is 8.32. The molecule has 3 heterocycles. The van der Waals surface area contributed by atoms with E-state index in [0.717, 1.165) is 23.9 Å². The first kappa shape index (κ1) is 22.3. The van der Waals surface area contributed by atoms with Crippen LogP contribution >= 0.6 is 11.8 Å². The number of nitrogens with one attached hydrogen (secondary N) is 1. The molecule has 2 atom stereocenters. The van der Waals surface area contributed by atoms with Gasteiger partial charge in [0.25, 0.3) is 5.91 Å². The van der Waals surface area contributed by atoms with Gasteiger partial charge in [0.15, 0.2) is 15.0 Å². The molecule has 7 nitrogen and oxygen atoms in total. The maximum Gasteiger partial charge on any atom is 0.253 e. The van der Waals surface area contributed by atoms with Gasteiger partial charge >= 0.3 is 0 Å². The van der Waals surface area contributed by atoms with Crippen molar-refractivity contribution in [1.29, 1.82) is 0 Å². The highest BCUT2D eigenvalue weighted by molar-refractivity contribution is 8.15. The Balaban J connectivity index is 1.17. The summed E-state index contributed by atoms with van der Waals surface area (Å²) in [5.74, 6) is 0.385. The van der Waals surface area contributed by atoms with Crippen molar-refractivity contribution in [2.24, 2.45) is 4.99 Å². The van der Waals surface area contributed by atoms with E-state index < -0.39 is 9.84 Å². The molecule has 0 radical (unpaired) electrons. The van der Waals surface area contributed by atoms with E-state index >= 15 is 0 Å². The Morgan fingerprint density at radius 1 is 1.03 bits per heavy atom. The minimum Gasteiger partial charge on any atom is -0.368 e. The van der Waals surface area contributed by atoms with Gasteiger partial charge in [0.2, 0.25) is 0 Å². The van der Waals surface area contributed by atoms with E-state index in [1.165, 1.54) is 28.6 Å². The number of carbonyl (C=O) groups excluding carboxylic acids is 1. The predicted octanol–water partition coefficient (Wildman–Crippen LogP) is 2.95. The van der Waals surface area contributed by atoms with Crippen LogP contribution in [0.4, 0.5) is 11.4 Å². The van der Waals surface area contributed by atoms with Crippen LogP contribution in [0, 0.1) is 13.8 Å². The van der Waals surface area contributed by atoms with Crippen molar-refractivity contribution < 1.29 is 13.2 Å². The number of thioether (sulfide) groups is 1. The Kier molecular flexibility index (Phi) is 5.86. The summed E-state index contributed by atoms with van der Waals surface area (Å²) >= 11 is 1.49. The Morgan fingerprint density at radius 2 is 1.76 bits per heavy atom. The van der Waals surface area contributed by atoms with Crippen molar-refractivity contribution in [3.8, 4) is 0 Å². The Labute approximate surface area is 199 Å². The maximum atomic E-state index is 13.0. The second-order valence-electron chi connectivity index (χ2n) is 8.94. The lowest BCUT2D eigenvalue weighted by Gasteiger charge is -2.37. The molecule has 1 N–H and O–H groups in total. The van der Waals surface area contributed by atoms with Gasteiger partial charge in [-0.25, -0.2) is 8.42 Å². The van der Waals surface area contributed by atoms with Gasteiger partial charge in [-0.3, -0.25) is 9.79 Å². The average molecular weight is 485 g/mol. The quantitative estimate of drug-likeness (QED) is 0.722. The molecule has 33 heavy (non-hydrogen) atoms. The second kappa shape index (κ2) is 8.68. The number of benzene rings is 2. The largest absolute Gasteiger partial charge is 0.368 e. The van der Waals surface area contributed by atoms with Crippen LogP contribution in [-0.4, -0.2) is 73.4 Å². The van der Waals surface area contributed by atoms with E-state index in [9.17, 15) is 13.2 Å². The number of aryl methyl sites for hydroxylation is 1. The van der Waals surface area contributed by atoms with Gasteiger partial charge < -0.3 is 15.1 Å². The zero-order chi connectivity index (χ0) is 23.2. The van der Waals surface area contributed by atoms with Gasteiger partial charge in [0.1, 0.15) is 0 Å². The van der Waals surface area contributed by atoms with Gasteiger partial charge in [-0.05, 0) is 55.3 Å². The molecular formula is C24H28N4O3S2. The molecule has 2 aromatic rings. The molecule has 2 aromatic carbocycles. The van der Waals surface area contributed by atoms with E-state index in [4.69, 9.17) is 0 Å². The lowest BCUT2D eigenvalue weighted by atomic mass is 10.1. The van der Waals surface area contributed by atoms with Gasteiger partial charge in [-0.1, -0.05) is 23.9 Å². The molecule has 2 saturated heterocycles. The molecule has 0 aromatic heterocycles. The van der Waals surface area contributed by atoms with E-state index in [-0.39, 0.29) is 28.7 Å². The second-order valence-corrected chi connectivity index (χ2v) is 12.3. The van der Waals surface area contributed by atoms with Gasteiger partial charge in [0.05, 0.1) is 17.5 Å². The fraction of sp³-hybridized carbons (Fsp3) is 0.417. The first-order chi connectivity index (χ1) is 15.8. The summed E-state index contributed by atoms with van der Waals surface area (Å²) < 4.78 is 23.4. The normalized spacial score (nSPS) is 23.9. The van der Waals surface area contributed by atoms with Crippen LogP contribution in [0.5, 0.6) is 0 Å². The maximum absolute atomic E-state index is 13.0. The molecule has 0 spiro atoms. The summed E-state index contributed by atoms with van der Waals surface area (Å²) in [6.07, 6.45) is 0. The standard InChI is InChI=1S/C24H28N4O3S2/c1-16-4-3-5-21(17(16)2)27-10-12-28(13-11-27)23(29)18-6-8-19(9-7-18)25-24-26-20-14-33(30,31)15-22(20)32-24/h3-9,20,22H,10-15H2,1-2H3,(H,25,26)/t20-,22+/m0/s1. The van der Waals surface area contributed by atoms with Crippen molar-refractivity contribution in [2.75, 3.05) is 47.9 Å². The predicted molar refractivity (Wildman–Crippen MR) is 135 cm³/mol. The fourth-order valence-electron chi connectivity index (χ4n) is 4.65. The molecule has 0 bridgehead atoms. The molecule has 0 unspecified atom stereocenters. The van der Waals surface area contributed by atoms with Crippen LogP contribution in [0.15, 0.2) is 47.5 Å². The third-order valence-corrected chi connectivity index (χ3v) is 9.83. The molecule has 0 saturated carbocycles. The van der Waals surface area contributed by atoms with Gasteiger partial charge in [-0.2, -0.15) is 0 Å². The number of piperazine rings is 1. The van der Waals surface area contributed by atoms with Crippen molar-refractivity contribution in [3.05, 3.63) is 59.2 Å². The molecule has 3 aliphatic rings. The van der Waals surface area contributed by atoms with E-state index in [2.05, 4.69) is 47.3 Å². The van der Waals surface area contributed by atoms with Gasteiger partial charge in [-0.15, -0.1) is 0 Å². The van der Waals surface area contributed by atoms with Crippen molar-refractivity contribution in [3.63, 3.8) is 0 Å². The van der Waals surface area contributed by atoms with Crippen molar-refractivity contribution in [1.82, 2.24) is 4.90 Å². The number of hydrogen-bond acceptors (Lipinski definition) is 7. The summed E-state index contributed by atoms with van der Waals surface area (Å²) in [6.45, 7) is 7.33. The summed E-state index contributed by atoms with van der Waals surface area (Å²) in [5, 5.41) is 4.03. The number of carbonyl (C=O) groups is 1. The molecule has 3 aliphatic heterocycles. The minimum atomic E-state index is -2.95. The number of fused-ring (bicyclic) bond motifs is 1. The highest BCUT2D eigenvalue weighted by Crippen LogP contribution is 2.34. The number of rotatable bonds is 3. The van der Waals surface area contributed by atoms with Crippen LogP contribution in [0.2, 0.25) is 0 Å². The summed E-state index contributed by atoms with van der Waals surface area (Å²) in [7, 11) is -2.95. The zero-order valence-corrected chi connectivity index (χ0v) is 20.5. The van der Waals surface area contributed by atoms with Gasteiger partial charge in [0, 0.05) is 48.4 Å². The third-order valence-electron chi connectivity index (χ3n) is 6.68. The number of anilines is 2. The monoisotopic (exact) mass is 484 g/mol. The molecule has 2 fully saturated rings. The molecule has 1 amide bonds. The Bertz CT molecular complexity index is 1200. The Morgan fingerprint density at radius 3 is 2.45 bits per heavy atom. The smallest absolute Gasteiger partial charge is 0.253 e. The summed E-state index contributed by atoms with van der Waals surface area (Å²) in [6, 6.07) is 13.7. The van der Waals surface area contributed by atoms with Crippen molar-refractivity contribution in [2.45, 2.75) is 25.1 Å². The lowest BCUT2D eigenvalue weighted by molar-refractivity contribution is 0.0747. The van der Waals surface area contributed by atoms with Crippen LogP contribution in [0.3, 0.4) is 0 Å². The number of amidine groups is 1. The molecular weight excluding hydrogens is 456 g/mol. The number of aliphatic imine (C=N–C) groups is 1. The summed E-state index contributed by atoms with van der Waals surface area (Å²) in [4.78, 5) is 21.8. The SMILES string of the molecule is Cc1cccc(N2CCN(C(=O)c3ccc(NC4=N[C@H]5CS(=O)(=O)C[C@H]5S4)cc3)CC2)c1C. The van der Waals surface area contributed by atoms with Crippen LogP contribution in [0.25, 0.3) is 0 Å². The van der Waals surface area contributed by atoms with Crippen molar-refractivity contribution >= 4 is 44.0 Å². The molecule has 0 aliphatic carbocycles. The van der Waals surface area contributed by atoms with E-state index in [1.54, 1.807) is 0 Å². The van der Waals surface area contributed by atoms with E-state index in [1.807, 2.05) is 29.2 Å². The molecule has 174 valence electrons.